The van der Waals surface area contributed by atoms with E-state index in [9.17, 15) is 0 Å². The molecular weight excluding hydrogens is 170 g/mol. The molecule has 0 aromatic carbocycles. The molecule has 0 aromatic heterocycles. The average Bonchev–Trinajstić information content (AvgIpc) is 2.76. The number of azo groups is 1. The lowest BCUT2D eigenvalue weighted by atomic mass is 10.1. The van der Waals surface area contributed by atoms with Gasteiger partial charge in [0.2, 0.25) is 0 Å². The highest BCUT2D eigenvalue weighted by Gasteiger charge is 2.49. The summed E-state index contributed by atoms with van der Waals surface area (Å²) >= 11 is 0. The van der Waals surface area contributed by atoms with E-state index >= 15 is 0 Å². The van der Waals surface area contributed by atoms with Crippen LogP contribution < -0.4 is 5.32 Å². The molecule has 0 radical (unpaired) electrons. The second-order valence-corrected chi connectivity index (χ2v) is 3.31. The van der Waals surface area contributed by atoms with Crippen LogP contribution in [0.4, 0.5) is 0 Å². The highest BCUT2D eigenvalue weighted by atomic mass is 16.8. The van der Waals surface area contributed by atoms with Gasteiger partial charge in [-0.25, -0.2) is 5.32 Å². The average molecular weight is 185 g/mol. The maximum absolute atomic E-state index is 5.73. The van der Waals surface area contributed by atoms with Crippen molar-refractivity contribution in [3.8, 4) is 0 Å². The van der Waals surface area contributed by atoms with Crippen molar-refractivity contribution in [2.45, 2.75) is 38.4 Å². The van der Waals surface area contributed by atoms with Crippen LogP contribution >= 0.6 is 0 Å². The maximum Gasteiger partial charge on any atom is 0.355 e. The molecule has 1 unspecified atom stereocenters. The summed E-state index contributed by atoms with van der Waals surface area (Å²) in [5.74, 6) is 0. The normalized spacial score (nSPS) is 36.2. The summed E-state index contributed by atoms with van der Waals surface area (Å²) in [5, 5.41) is 11.2. The van der Waals surface area contributed by atoms with Crippen molar-refractivity contribution in [3.63, 3.8) is 0 Å². The molecule has 0 bridgehead atoms. The molecule has 1 fully saturated rings. The molecule has 1 spiro atoms. The van der Waals surface area contributed by atoms with Crippen LogP contribution in [-0.4, -0.2) is 24.9 Å². The van der Waals surface area contributed by atoms with Crippen molar-refractivity contribution < 1.29 is 9.47 Å². The van der Waals surface area contributed by atoms with Gasteiger partial charge in [-0.1, -0.05) is 13.8 Å². The highest BCUT2D eigenvalue weighted by Crippen LogP contribution is 2.37. The van der Waals surface area contributed by atoms with Gasteiger partial charge in [-0.3, -0.25) is 4.74 Å². The van der Waals surface area contributed by atoms with Crippen LogP contribution in [0.15, 0.2) is 10.2 Å². The Morgan fingerprint density at radius 3 is 2.54 bits per heavy atom. The van der Waals surface area contributed by atoms with Crippen molar-refractivity contribution in [3.05, 3.63) is 0 Å². The first-order chi connectivity index (χ1) is 6.24. The lowest BCUT2D eigenvalue weighted by Crippen LogP contribution is -2.44. The zero-order valence-corrected chi connectivity index (χ0v) is 8.04. The highest BCUT2D eigenvalue weighted by molar-refractivity contribution is 4.85. The van der Waals surface area contributed by atoms with Crippen LogP contribution in [0.25, 0.3) is 0 Å². The number of hydrogen-bond acceptors (Lipinski definition) is 5. The van der Waals surface area contributed by atoms with E-state index in [1.165, 1.54) is 0 Å². The zero-order valence-electron chi connectivity index (χ0n) is 8.04. The molecule has 2 heterocycles. The molecule has 13 heavy (non-hydrogen) atoms. The largest absolute Gasteiger partial charge is 0.355 e. The Bertz CT molecular complexity index is 213. The summed E-state index contributed by atoms with van der Waals surface area (Å²) in [5.41, 5.74) is -0.475. The van der Waals surface area contributed by atoms with Crippen molar-refractivity contribution >= 4 is 0 Å². The lowest BCUT2D eigenvalue weighted by molar-refractivity contribution is -0.248. The molecule has 1 N–H and O–H groups in total. The summed E-state index contributed by atoms with van der Waals surface area (Å²) in [6.45, 7) is 5.47. The van der Waals surface area contributed by atoms with Gasteiger partial charge >= 0.3 is 6.03 Å². The monoisotopic (exact) mass is 185 g/mol. The predicted octanol–water partition coefficient (Wildman–Crippen LogP) is 1.22. The van der Waals surface area contributed by atoms with Crippen molar-refractivity contribution in [2.24, 2.45) is 10.2 Å². The SMILES string of the molecule is CCC1(CC)N=NC2(NCCO2)O1. The van der Waals surface area contributed by atoms with Crippen LogP contribution in [0.2, 0.25) is 0 Å². The fourth-order valence-corrected chi connectivity index (χ4v) is 1.57. The van der Waals surface area contributed by atoms with E-state index < -0.39 is 11.8 Å². The summed E-state index contributed by atoms with van der Waals surface area (Å²) in [6.07, 6.45) is 1.64. The van der Waals surface area contributed by atoms with Crippen LogP contribution in [-0.2, 0) is 9.47 Å². The van der Waals surface area contributed by atoms with E-state index in [0.29, 0.717) is 6.61 Å². The number of ether oxygens (including phenoxy) is 2. The lowest BCUT2D eigenvalue weighted by Gasteiger charge is -2.25. The molecule has 5 nitrogen and oxygen atoms in total. The minimum Gasteiger partial charge on any atom is -0.316 e. The van der Waals surface area contributed by atoms with E-state index in [1.807, 2.05) is 13.8 Å². The van der Waals surface area contributed by atoms with Gasteiger partial charge in [0.1, 0.15) is 0 Å². The molecule has 0 saturated carbocycles. The second kappa shape index (κ2) is 3.01. The minimum atomic E-state index is -0.966. The Hall–Kier alpha value is -0.520. The number of nitrogens with zero attached hydrogens (tertiary/aromatic N) is 2. The molecule has 2 aliphatic rings. The molecule has 1 atom stereocenters. The Balaban J connectivity index is 2.12. The summed E-state index contributed by atoms with van der Waals surface area (Å²) < 4.78 is 11.1. The Morgan fingerprint density at radius 2 is 2.08 bits per heavy atom. The first-order valence-corrected chi connectivity index (χ1v) is 4.77. The van der Waals surface area contributed by atoms with Crippen LogP contribution in [0.1, 0.15) is 26.7 Å². The van der Waals surface area contributed by atoms with Gasteiger partial charge in [-0.2, -0.15) is 5.11 Å². The molecule has 2 rings (SSSR count). The van der Waals surface area contributed by atoms with Gasteiger partial charge in [-0.15, -0.1) is 5.11 Å². The second-order valence-electron chi connectivity index (χ2n) is 3.31. The standard InChI is InChI=1S/C8H15N3O2/c1-3-7(4-2)10-11-8(13-7)9-5-6-12-8/h9H,3-6H2,1-2H3. The van der Waals surface area contributed by atoms with Crippen LogP contribution in [0.5, 0.6) is 0 Å². The van der Waals surface area contributed by atoms with Gasteiger partial charge in [0.05, 0.1) is 6.61 Å². The molecule has 74 valence electrons. The van der Waals surface area contributed by atoms with E-state index in [0.717, 1.165) is 19.4 Å². The molecule has 5 heteroatoms. The van der Waals surface area contributed by atoms with Crippen molar-refractivity contribution in [2.75, 3.05) is 13.2 Å². The number of rotatable bonds is 2. The van der Waals surface area contributed by atoms with Crippen LogP contribution in [0, 0.1) is 0 Å². The predicted molar refractivity (Wildman–Crippen MR) is 45.9 cm³/mol. The summed E-state index contributed by atoms with van der Waals surface area (Å²) in [4.78, 5) is 0. The smallest absolute Gasteiger partial charge is 0.316 e. The Labute approximate surface area is 77.5 Å². The quantitative estimate of drug-likeness (QED) is 0.703. The molecule has 1 saturated heterocycles. The van der Waals surface area contributed by atoms with Crippen molar-refractivity contribution in [1.29, 1.82) is 0 Å². The third kappa shape index (κ3) is 1.37. The topological polar surface area (TPSA) is 55.2 Å². The van der Waals surface area contributed by atoms with Gasteiger partial charge in [0.15, 0.2) is 5.72 Å². The van der Waals surface area contributed by atoms with Crippen molar-refractivity contribution in [1.82, 2.24) is 5.32 Å². The summed E-state index contributed by atoms with van der Waals surface area (Å²) in [6, 6.07) is -0.966. The minimum absolute atomic E-state index is 0.475. The first-order valence-electron chi connectivity index (χ1n) is 4.77. The summed E-state index contributed by atoms with van der Waals surface area (Å²) in [7, 11) is 0. The third-order valence-corrected chi connectivity index (χ3v) is 2.55. The van der Waals surface area contributed by atoms with Gasteiger partial charge in [-0.05, 0) is 12.8 Å². The maximum atomic E-state index is 5.73. The first kappa shape index (κ1) is 9.05. The molecule has 2 aliphatic heterocycles. The van der Waals surface area contributed by atoms with Gasteiger partial charge in [0.25, 0.3) is 0 Å². The van der Waals surface area contributed by atoms with E-state index in [4.69, 9.17) is 9.47 Å². The zero-order chi connectivity index (χ0) is 9.36. The number of hydrogen-bond donors (Lipinski definition) is 1. The third-order valence-electron chi connectivity index (χ3n) is 2.55. The van der Waals surface area contributed by atoms with Gasteiger partial charge < -0.3 is 4.74 Å². The van der Waals surface area contributed by atoms with Gasteiger partial charge in [0, 0.05) is 6.54 Å². The molecule has 0 aliphatic carbocycles. The Morgan fingerprint density at radius 1 is 1.31 bits per heavy atom. The van der Waals surface area contributed by atoms with E-state index in [-0.39, 0.29) is 0 Å². The molecule has 0 amide bonds. The molecule has 0 aromatic rings. The molecular formula is C8H15N3O2. The van der Waals surface area contributed by atoms with E-state index in [2.05, 4.69) is 15.5 Å². The van der Waals surface area contributed by atoms with E-state index in [1.54, 1.807) is 0 Å². The number of nitrogens with one attached hydrogen (secondary N) is 1. The Kier molecular flexibility index (Phi) is 2.09. The fourth-order valence-electron chi connectivity index (χ4n) is 1.57. The fraction of sp³-hybridized carbons (Fsp3) is 1.00. The van der Waals surface area contributed by atoms with Crippen LogP contribution in [0.3, 0.4) is 0 Å².